The molecule has 2 aromatic rings. The van der Waals surface area contributed by atoms with Gasteiger partial charge in [-0.05, 0) is 29.8 Å². The van der Waals surface area contributed by atoms with Crippen molar-refractivity contribution in [2.75, 3.05) is 37.6 Å². The Kier molecular flexibility index (Phi) is 6.76. The van der Waals surface area contributed by atoms with Crippen LogP contribution in [0.15, 0.2) is 54.6 Å². The first-order valence-electron chi connectivity index (χ1n) is 9.60. The zero-order valence-corrected chi connectivity index (χ0v) is 16.2. The second-order valence-corrected chi connectivity index (χ2v) is 7.04. The van der Waals surface area contributed by atoms with Crippen LogP contribution in [0.1, 0.15) is 18.9 Å². The topological polar surface area (TPSA) is 43.9 Å². The van der Waals surface area contributed by atoms with Crippen LogP contribution in [0.3, 0.4) is 0 Å². The van der Waals surface area contributed by atoms with E-state index >= 15 is 0 Å². The minimum absolute atomic E-state index is 0.0488. The van der Waals surface area contributed by atoms with Crippen LogP contribution in [0.25, 0.3) is 0 Å². The molecule has 2 amide bonds. The van der Waals surface area contributed by atoms with Crippen molar-refractivity contribution in [1.82, 2.24) is 9.80 Å². The van der Waals surface area contributed by atoms with Gasteiger partial charge in [-0.2, -0.15) is 0 Å². The summed E-state index contributed by atoms with van der Waals surface area (Å²) in [6.45, 7) is 5.72. The molecule has 1 saturated heterocycles. The Hall–Kier alpha value is -2.73. The van der Waals surface area contributed by atoms with Gasteiger partial charge in [0.15, 0.2) is 0 Å². The molecular weight excluding hydrogens is 357 g/mol. The molecule has 1 fully saturated rings. The maximum Gasteiger partial charge on any atom is 0.224 e. The van der Waals surface area contributed by atoms with E-state index in [0.29, 0.717) is 25.3 Å². The lowest BCUT2D eigenvalue weighted by Crippen LogP contribution is -2.49. The molecule has 0 aliphatic carbocycles. The fourth-order valence-corrected chi connectivity index (χ4v) is 3.45. The third-order valence-electron chi connectivity index (χ3n) is 5.04. The summed E-state index contributed by atoms with van der Waals surface area (Å²) in [7, 11) is 0. The van der Waals surface area contributed by atoms with Gasteiger partial charge in [0.05, 0.1) is 0 Å². The molecule has 3 rings (SSSR count). The van der Waals surface area contributed by atoms with Gasteiger partial charge in [0.2, 0.25) is 11.8 Å². The summed E-state index contributed by atoms with van der Waals surface area (Å²) in [5.41, 5.74) is 1.88. The molecule has 0 aromatic heterocycles. The van der Waals surface area contributed by atoms with E-state index in [9.17, 15) is 14.0 Å². The minimum Gasteiger partial charge on any atom is -0.340 e. The number of halogens is 1. The van der Waals surface area contributed by atoms with Gasteiger partial charge in [0.25, 0.3) is 0 Å². The summed E-state index contributed by atoms with van der Waals surface area (Å²) in [6.07, 6.45) is 0.260. The normalized spacial score (nSPS) is 14.7. The molecule has 2 aromatic carbocycles. The van der Waals surface area contributed by atoms with Crippen LogP contribution in [0, 0.1) is 5.82 Å². The van der Waals surface area contributed by atoms with Crippen molar-refractivity contribution in [2.45, 2.75) is 19.9 Å². The van der Waals surface area contributed by atoms with Crippen LogP contribution in [0.2, 0.25) is 0 Å². The van der Waals surface area contributed by atoms with E-state index in [0.717, 1.165) is 19.6 Å². The fraction of sp³-hybridized carbons (Fsp3) is 0.364. The monoisotopic (exact) mass is 383 g/mol. The molecule has 0 N–H and O–H groups in total. The average molecular weight is 383 g/mol. The number of hydrogen-bond acceptors (Lipinski definition) is 3. The van der Waals surface area contributed by atoms with Gasteiger partial charge < -0.3 is 9.80 Å². The molecule has 28 heavy (non-hydrogen) atoms. The summed E-state index contributed by atoms with van der Waals surface area (Å²) in [5.74, 6) is -0.462. The average Bonchev–Trinajstić information content (AvgIpc) is 2.70. The van der Waals surface area contributed by atoms with Gasteiger partial charge in [0.1, 0.15) is 5.82 Å². The third-order valence-corrected chi connectivity index (χ3v) is 5.04. The van der Waals surface area contributed by atoms with E-state index in [4.69, 9.17) is 0 Å². The summed E-state index contributed by atoms with van der Waals surface area (Å²) >= 11 is 0. The number of carbonyl (C=O) groups excluding carboxylic acids is 2. The third kappa shape index (κ3) is 5.39. The molecule has 148 valence electrons. The second-order valence-electron chi connectivity index (χ2n) is 7.04. The number of amides is 2. The van der Waals surface area contributed by atoms with Gasteiger partial charge in [-0.15, -0.1) is 0 Å². The van der Waals surface area contributed by atoms with E-state index in [1.54, 1.807) is 12.1 Å². The number of rotatable bonds is 6. The molecule has 1 aliphatic rings. The molecule has 0 spiro atoms. The molecule has 0 radical (unpaired) electrons. The highest BCUT2D eigenvalue weighted by atomic mass is 19.1. The zero-order chi connectivity index (χ0) is 19.9. The van der Waals surface area contributed by atoms with Crippen LogP contribution in [0.5, 0.6) is 0 Å². The molecule has 0 atom stereocenters. The standard InChI is InChI=1S/C22H26FN3O2/c1-18(27)26(21-9-7-20(23)8-10-21)12-11-22(28)25-15-13-24(14-16-25)17-19-5-3-2-4-6-19/h2-10H,11-17H2,1H3. The molecule has 6 heteroatoms. The van der Waals surface area contributed by atoms with Crippen LogP contribution in [-0.4, -0.2) is 54.3 Å². The van der Waals surface area contributed by atoms with E-state index in [1.165, 1.54) is 29.5 Å². The van der Waals surface area contributed by atoms with Crippen LogP contribution in [0.4, 0.5) is 10.1 Å². The Morgan fingerprint density at radius 3 is 2.21 bits per heavy atom. The van der Waals surface area contributed by atoms with Crippen molar-refractivity contribution in [2.24, 2.45) is 0 Å². The fourth-order valence-electron chi connectivity index (χ4n) is 3.45. The number of anilines is 1. The maximum absolute atomic E-state index is 13.1. The number of nitrogens with zero attached hydrogens (tertiary/aromatic N) is 3. The van der Waals surface area contributed by atoms with Crippen molar-refractivity contribution in [3.8, 4) is 0 Å². The van der Waals surface area contributed by atoms with Crippen molar-refractivity contribution in [1.29, 1.82) is 0 Å². The van der Waals surface area contributed by atoms with E-state index in [2.05, 4.69) is 17.0 Å². The Labute approximate surface area is 165 Å². The lowest BCUT2D eigenvalue weighted by atomic mass is 10.2. The Balaban J connectivity index is 1.48. The lowest BCUT2D eigenvalue weighted by Gasteiger charge is -2.35. The maximum atomic E-state index is 13.1. The lowest BCUT2D eigenvalue weighted by molar-refractivity contribution is -0.132. The predicted octanol–water partition coefficient (Wildman–Crippen LogP) is 2.91. The molecule has 0 unspecified atom stereocenters. The smallest absolute Gasteiger partial charge is 0.224 e. The van der Waals surface area contributed by atoms with Crippen molar-refractivity contribution in [3.63, 3.8) is 0 Å². The van der Waals surface area contributed by atoms with Gasteiger partial charge in [-0.3, -0.25) is 14.5 Å². The highest BCUT2D eigenvalue weighted by molar-refractivity contribution is 5.92. The molecule has 1 aliphatic heterocycles. The SMILES string of the molecule is CC(=O)N(CCC(=O)N1CCN(Cc2ccccc2)CC1)c1ccc(F)cc1. The highest BCUT2D eigenvalue weighted by Crippen LogP contribution is 2.16. The van der Waals surface area contributed by atoms with Gasteiger partial charge in [-0.25, -0.2) is 4.39 Å². The zero-order valence-electron chi connectivity index (χ0n) is 16.2. The van der Waals surface area contributed by atoms with Crippen molar-refractivity contribution >= 4 is 17.5 Å². The summed E-state index contributed by atoms with van der Waals surface area (Å²) in [5, 5.41) is 0. The number of benzene rings is 2. The number of hydrogen-bond donors (Lipinski definition) is 0. The first-order valence-corrected chi connectivity index (χ1v) is 9.60. The minimum atomic E-state index is -0.350. The Bertz CT molecular complexity index is 787. The Morgan fingerprint density at radius 1 is 0.964 bits per heavy atom. The van der Waals surface area contributed by atoms with E-state index in [1.807, 2.05) is 23.1 Å². The van der Waals surface area contributed by atoms with Gasteiger partial charge in [-0.1, -0.05) is 30.3 Å². The van der Waals surface area contributed by atoms with Gasteiger partial charge >= 0.3 is 0 Å². The predicted molar refractivity (Wildman–Crippen MR) is 107 cm³/mol. The molecule has 0 saturated carbocycles. The molecule has 1 heterocycles. The van der Waals surface area contributed by atoms with Crippen molar-refractivity contribution < 1.29 is 14.0 Å². The van der Waals surface area contributed by atoms with Crippen LogP contribution in [-0.2, 0) is 16.1 Å². The molecular formula is C22H26FN3O2. The first-order chi connectivity index (χ1) is 13.5. The second kappa shape index (κ2) is 9.46. The van der Waals surface area contributed by atoms with E-state index < -0.39 is 0 Å². The van der Waals surface area contributed by atoms with Crippen LogP contribution >= 0.6 is 0 Å². The van der Waals surface area contributed by atoms with E-state index in [-0.39, 0.29) is 24.1 Å². The molecule has 0 bridgehead atoms. The summed E-state index contributed by atoms with van der Waals surface area (Å²) in [4.78, 5) is 30.2. The molecule has 5 nitrogen and oxygen atoms in total. The van der Waals surface area contributed by atoms with Gasteiger partial charge in [0, 0.05) is 58.3 Å². The van der Waals surface area contributed by atoms with Crippen LogP contribution < -0.4 is 4.90 Å². The Morgan fingerprint density at radius 2 is 1.61 bits per heavy atom. The largest absolute Gasteiger partial charge is 0.340 e. The summed E-state index contributed by atoms with van der Waals surface area (Å²) < 4.78 is 13.1. The quantitative estimate of drug-likeness (QED) is 0.770. The highest BCUT2D eigenvalue weighted by Gasteiger charge is 2.22. The number of piperazine rings is 1. The first kappa shape index (κ1) is 20.0. The summed E-state index contributed by atoms with van der Waals surface area (Å²) in [6, 6.07) is 16.1. The number of carbonyl (C=O) groups is 2. The van der Waals surface area contributed by atoms with Crippen molar-refractivity contribution in [3.05, 3.63) is 66.0 Å².